The SMILES string of the molecule is CC1CCC(CCO)(C(C)(C)N)C1. The molecule has 0 aromatic heterocycles. The van der Waals surface area contributed by atoms with Crippen molar-refractivity contribution in [3.8, 4) is 0 Å². The third-order valence-corrected chi connectivity index (χ3v) is 3.81. The quantitative estimate of drug-likeness (QED) is 0.705. The third kappa shape index (κ3) is 2.05. The summed E-state index contributed by atoms with van der Waals surface area (Å²) in [7, 11) is 0. The molecule has 1 aliphatic carbocycles. The number of rotatable bonds is 3. The molecule has 0 bridgehead atoms. The molecule has 2 atom stereocenters. The van der Waals surface area contributed by atoms with Crippen LogP contribution in [-0.4, -0.2) is 17.3 Å². The van der Waals surface area contributed by atoms with Crippen LogP contribution in [-0.2, 0) is 0 Å². The predicted molar refractivity (Wildman–Crippen MR) is 55.4 cm³/mol. The van der Waals surface area contributed by atoms with Crippen LogP contribution in [0.4, 0.5) is 0 Å². The Hall–Kier alpha value is -0.0800. The van der Waals surface area contributed by atoms with Gasteiger partial charge in [-0.1, -0.05) is 13.3 Å². The Morgan fingerprint density at radius 2 is 2.15 bits per heavy atom. The largest absolute Gasteiger partial charge is 0.396 e. The predicted octanol–water partition coefficient (Wildman–Crippen LogP) is 1.91. The molecule has 0 aliphatic heterocycles. The number of nitrogens with two attached hydrogens (primary N) is 1. The van der Waals surface area contributed by atoms with E-state index in [1.54, 1.807) is 0 Å². The fraction of sp³-hybridized carbons (Fsp3) is 1.00. The number of aliphatic hydroxyl groups is 1. The summed E-state index contributed by atoms with van der Waals surface area (Å²) in [5.41, 5.74) is 6.24. The molecule has 0 aromatic carbocycles. The van der Waals surface area contributed by atoms with E-state index in [2.05, 4.69) is 20.8 Å². The monoisotopic (exact) mass is 185 g/mol. The highest BCUT2D eigenvalue weighted by atomic mass is 16.3. The summed E-state index contributed by atoms with van der Waals surface area (Å²) < 4.78 is 0. The van der Waals surface area contributed by atoms with E-state index in [0.29, 0.717) is 0 Å². The lowest BCUT2D eigenvalue weighted by Crippen LogP contribution is -2.50. The average Bonchev–Trinajstić information content (AvgIpc) is 2.32. The van der Waals surface area contributed by atoms with Gasteiger partial charge in [0.1, 0.15) is 0 Å². The topological polar surface area (TPSA) is 46.2 Å². The van der Waals surface area contributed by atoms with E-state index in [9.17, 15) is 0 Å². The van der Waals surface area contributed by atoms with Gasteiger partial charge in [0.2, 0.25) is 0 Å². The first-order valence-corrected chi connectivity index (χ1v) is 5.31. The minimum Gasteiger partial charge on any atom is -0.396 e. The summed E-state index contributed by atoms with van der Waals surface area (Å²) in [6, 6.07) is 0. The van der Waals surface area contributed by atoms with Crippen LogP contribution in [0.1, 0.15) is 46.5 Å². The van der Waals surface area contributed by atoms with Crippen LogP contribution in [0, 0.1) is 11.3 Å². The van der Waals surface area contributed by atoms with E-state index in [4.69, 9.17) is 10.8 Å². The molecule has 0 aromatic rings. The fourth-order valence-corrected chi connectivity index (χ4v) is 2.74. The van der Waals surface area contributed by atoms with E-state index >= 15 is 0 Å². The number of hydrogen-bond acceptors (Lipinski definition) is 2. The fourth-order valence-electron chi connectivity index (χ4n) is 2.74. The highest BCUT2D eigenvalue weighted by Gasteiger charge is 2.46. The standard InChI is InChI=1S/C11H23NO/c1-9-4-5-11(8-9,6-7-13)10(2,3)12/h9,13H,4-8,12H2,1-3H3. The maximum absolute atomic E-state index is 9.09. The van der Waals surface area contributed by atoms with Gasteiger partial charge in [0.25, 0.3) is 0 Å². The average molecular weight is 185 g/mol. The summed E-state index contributed by atoms with van der Waals surface area (Å²) in [4.78, 5) is 0. The van der Waals surface area contributed by atoms with Gasteiger partial charge in [-0.3, -0.25) is 0 Å². The van der Waals surface area contributed by atoms with E-state index in [-0.39, 0.29) is 17.6 Å². The van der Waals surface area contributed by atoms with Crippen LogP contribution in [0.15, 0.2) is 0 Å². The molecule has 0 spiro atoms. The van der Waals surface area contributed by atoms with Gasteiger partial charge in [-0.05, 0) is 44.4 Å². The van der Waals surface area contributed by atoms with Crippen molar-refractivity contribution < 1.29 is 5.11 Å². The van der Waals surface area contributed by atoms with Crippen molar-refractivity contribution in [2.75, 3.05) is 6.61 Å². The maximum atomic E-state index is 9.09. The van der Waals surface area contributed by atoms with Crippen LogP contribution in [0.25, 0.3) is 0 Å². The first-order valence-electron chi connectivity index (χ1n) is 5.31. The zero-order chi connectivity index (χ0) is 10.1. The van der Waals surface area contributed by atoms with Gasteiger partial charge in [0, 0.05) is 12.1 Å². The molecular weight excluding hydrogens is 162 g/mol. The molecule has 0 radical (unpaired) electrons. The molecule has 1 rings (SSSR count). The van der Waals surface area contributed by atoms with Gasteiger partial charge in [0.05, 0.1) is 0 Å². The molecule has 0 saturated heterocycles. The lowest BCUT2D eigenvalue weighted by molar-refractivity contribution is 0.102. The van der Waals surface area contributed by atoms with Crippen LogP contribution < -0.4 is 5.73 Å². The zero-order valence-electron chi connectivity index (χ0n) is 9.14. The number of hydrogen-bond donors (Lipinski definition) is 2. The van der Waals surface area contributed by atoms with E-state index in [0.717, 1.165) is 12.3 Å². The van der Waals surface area contributed by atoms with Crippen LogP contribution in [0.3, 0.4) is 0 Å². The van der Waals surface area contributed by atoms with Crippen molar-refractivity contribution >= 4 is 0 Å². The number of aliphatic hydroxyl groups excluding tert-OH is 1. The zero-order valence-corrected chi connectivity index (χ0v) is 9.14. The van der Waals surface area contributed by atoms with E-state index in [1.165, 1.54) is 19.3 Å². The Morgan fingerprint density at radius 3 is 2.46 bits per heavy atom. The summed E-state index contributed by atoms with van der Waals surface area (Å²) in [6.07, 6.45) is 4.48. The molecule has 0 amide bonds. The molecule has 1 fully saturated rings. The van der Waals surface area contributed by atoms with Gasteiger partial charge in [-0.2, -0.15) is 0 Å². The molecular formula is C11H23NO. The summed E-state index contributed by atoms with van der Waals surface area (Å²) in [5.74, 6) is 0.773. The van der Waals surface area contributed by atoms with E-state index < -0.39 is 0 Å². The van der Waals surface area contributed by atoms with Gasteiger partial charge in [-0.15, -0.1) is 0 Å². The Kier molecular flexibility index (Phi) is 3.03. The highest BCUT2D eigenvalue weighted by Crippen LogP contribution is 2.50. The van der Waals surface area contributed by atoms with Crippen molar-refractivity contribution in [3.05, 3.63) is 0 Å². The minimum atomic E-state index is -0.152. The molecule has 3 N–H and O–H groups in total. The molecule has 2 heteroatoms. The van der Waals surface area contributed by atoms with E-state index in [1.807, 2.05) is 0 Å². The highest BCUT2D eigenvalue weighted by molar-refractivity contribution is 5.00. The second-order valence-electron chi connectivity index (χ2n) is 5.32. The third-order valence-electron chi connectivity index (χ3n) is 3.81. The van der Waals surface area contributed by atoms with Crippen molar-refractivity contribution in [1.82, 2.24) is 0 Å². The smallest absolute Gasteiger partial charge is 0.0437 e. The van der Waals surface area contributed by atoms with Gasteiger partial charge in [-0.25, -0.2) is 0 Å². The van der Waals surface area contributed by atoms with Crippen LogP contribution >= 0.6 is 0 Å². The molecule has 2 unspecified atom stereocenters. The molecule has 1 saturated carbocycles. The van der Waals surface area contributed by atoms with Crippen molar-refractivity contribution in [3.63, 3.8) is 0 Å². The van der Waals surface area contributed by atoms with Crippen molar-refractivity contribution in [1.29, 1.82) is 0 Å². The second kappa shape index (κ2) is 3.58. The van der Waals surface area contributed by atoms with Crippen LogP contribution in [0.2, 0.25) is 0 Å². The molecule has 13 heavy (non-hydrogen) atoms. The molecule has 0 heterocycles. The summed E-state index contributed by atoms with van der Waals surface area (Å²) in [6.45, 7) is 6.75. The van der Waals surface area contributed by atoms with Crippen LogP contribution in [0.5, 0.6) is 0 Å². The Morgan fingerprint density at radius 1 is 1.54 bits per heavy atom. The first kappa shape index (κ1) is 11.0. The molecule has 78 valence electrons. The van der Waals surface area contributed by atoms with Crippen molar-refractivity contribution in [2.45, 2.75) is 52.0 Å². The molecule has 1 aliphatic rings. The summed E-state index contributed by atoms with van der Waals surface area (Å²) >= 11 is 0. The minimum absolute atomic E-state index is 0.152. The van der Waals surface area contributed by atoms with Gasteiger partial charge in [0.15, 0.2) is 0 Å². The summed E-state index contributed by atoms with van der Waals surface area (Å²) in [5, 5.41) is 9.09. The lowest BCUT2D eigenvalue weighted by atomic mass is 9.68. The Labute approximate surface area is 81.5 Å². The Balaban J connectivity index is 2.77. The first-order chi connectivity index (χ1) is 5.91. The normalized spacial score (nSPS) is 35.3. The molecule has 2 nitrogen and oxygen atoms in total. The Bertz CT molecular complexity index is 169. The lowest BCUT2D eigenvalue weighted by Gasteiger charge is -2.42. The maximum Gasteiger partial charge on any atom is 0.0437 e. The van der Waals surface area contributed by atoms with Crippen molar-refractivity contribution in [2.24, 2.45) is 17.1 Å². The second-order valence-corrected chi connectivity index (χ2v) is 5.32. The van der Waals surface area contributed by atoms with Gasteiger partial charge >= 0.3 is 0 Å². The van der Waals surface area contributed by atoms with Gasteiger partial charge < -0.3 is 10.8 Å².